The van der Waals surface area contributed by atoms with Gasteiger partial charge in [0.25, 0.3) is 0 Å². The van der Waals surface area contributed by atoms with Crippen LogP contribution in [0.4, 0.5) is 0 Å². The van der Waals surface area contributed by atoms with E-state index in [-0.39, 0.29) is 18.0 Å². The molecule has 0 radical (unpaired) electrons. The number of carbonyl (C=O) groups excluding carboxylic acids is 1. The van der Waals surface area contributed by atoms with E-state index >= 15 is 0 Å². The monoisotopic (exact) mass is 240 g/mol. The van der Waals surface area contributed by atoms with Gasteiger partial charge in [0.2, 0.25) is 0 Å². The van der Waals surface area contributed by atoms with Gasteiger partial charge in [-0.25, -0.2) is 8.42 Å². The van der Waals surface area contributed by atoms with E-state index in [9.17, 15) is 13.2 Å². The topological polar surface area (TPSA) is 51.2 Å². The third kappa shape index (κ3) is 5.07. The summed E-state index contributed by atoms with van der Waals surface area (Å²) < 4.78 is 21.8. The van der Waals surface area contributed by atoms with Gasteiger partial charge in [-0.15, -0.1) is 0 Å². The number of rotatable bonds is 5. The van der Waals surface area contributed by atoms with Crippen molar-refractivity contribution in [3.8, 4) is 0 Å². The molecular weight excluding hydrogens is 224 g/mol. The summed E-state index contributed by atoms with van der Waals surface area (Å²) >= 11 is 0. The molecular formula is C12H16O3S. The van der Waals surface area contributed by atoms with Crippen molar-refractivity contribution in [2.45, 2.75) is 19.8 Å². The van der Waals surface area contributed by atoms with Crippen molar-refractivity contribution in [3.63, 3.8) is 0 Å². The van der Waals surface area contributed by atoms with Gasteiger partial charge in [0.05, 0.1) is 5.75 Å². The first kappa shape index (κ1) is 12.9. The predicted molar refractivity (Wildman–Crippen MR) is 64.2 cm³/mol. The number of benzene rings is 1. The van der Waals surface area contributed by atoms with Crippen molar-refractivity contribution in [1.29, 1.82) is 0 Å². The molecule has 0 spiro atoms. The highest BCUT2D eigenvalue weighted by atomic mass is 32.2. The third-order valence-corrected chi connectivity index (χ3v) is 3.18. The lowest BCUT2D eigenvalue weighted by Crippen LogP contribution is -2.11. The molecule has 0 aliphatic rings. The molecule has 0 saturated heterocycles. The molecule has 1 aromatic rings. The maximum atomic E-state index is 11.5. The fourth-order valence-corrected chi connectivity index (χ4v) is 2.04. The Hall–Kier alpha value is -1.16. The van der Waals surface area contributed by atoms with Gasteiger partial charge in [-0.1, -0.05) is 29.8 Å². The zero-order valence-electron chi connectivity index (χ0n) is 9.56. The Labute approximate surface area is 96.4 Å². The first-order valence-electron chi connectivity index (χ1n) is 5.12. The lowest BCUT2D eigenvalue weighted by Gasteiger charge is -2.02. The normalized spacial score (nSPS) is 11.4. The van der Waals surface area contributed by atoms with E-state index in [4.69, 9.17) is 0 Å². The Morgan fingerprint density at radius 1 is 1.31 bits per heavy atom. The van der Waals surface area contributed by atoms with Crippen LogP contribution in [0, 0.1) is 6.92 Å². The van der Waals surface area contributed by atoms with E-state index in [0.29, 0.717) is 6.42 Å². The second-order valence-corrected chi connectivity index (χ2v) is 6.34. The highest BCUT2D eigenvalue weighted by Gasteiger charge is 2.08. The number of aryl methyl sites for hydroxylation is 1. The van der Waals surface area contributed by atoms with Crippen LogP contribution in [0.15, 0.2) is 24.3 Å². The Bertz CT molecular complexity index is 475. The molecule has 0 bridgehead atoms. The zero-order valence-corrected chi connectivity index (χ0v) is 10.4. The van der Waals surface area contributed by atoms with Crippen LogP contribution in [-0.2, 0) is 21.1 Å². The Morgan fingerprint density at radius 2 is 2.00 bits per heavy atom. The van der Waals surface area contributed by atoms with Gasteiger partial charge in [0.15, 0.2) is 0 Å². The molecule has 0 aromatic heterocycles. The van der Waals surface area contributed by atoms with Crippen LogP contribution >= 0.6 is 0 Å². The molecule has 88 valence electrons. The van der Waals surface area contributed by atoms with E-state index in [1.807, 2.05) is 31.2 Å². The molecule has 1 aromatic carbocycles. The number of hydrogen-bond acceptors (Lipinski definition) is 3. The van der Waals surface area contributed by atoms with Crippen LogP contribution in [0.2, 0.25) is 0 Å². The quantitative estimate of drug-likeness (QED) is 0.784. The SMILES string of the molecule is Cc1cccc(CC(=O)CCS(C)(=O)=O)c1. The highest BCUT2D eigenvalue weighted by molar-refractivity contribution is 7.90. The van der Waals surface area contributed by atoms with Crippen molar-refractivity contribution >= 4 is 15.6 Å². The van der Waals surface area contributed by atoms with E-state index in [1.54, 1.807) is 0 Å². The van der Waals surface area contributed by atoms with Gasteiger partial charge in [-0.3, -0.25) is 4.79 Å². The number of ketones is 1. The summed E-state index contributed by atoms with van der Waals surface area (Å²) in [6.45, 7) is 1.96. The average Bonchev–Trinajstić information content (AvgIpc) is 2.14. The summed E-state index contributed by atoms with van der Waals surface area (Å²) in [5.74, 6) is -0.0893. The molecule has 0 atom stereocenters. The lowest BCUT2D eigenvalue weighted by molar-refractivity contribution is -0.118. The van der Waals surface area contributed by atoms with Gasteiger partial charge in [-0.05, 0) is 12.5 Å². The molecule has 4 heteroatoms. The molecule has 1 rings (SSSR count). The largest absolute Gasteiger partial charge is 0.299 e. The van der Waals surface area contributed by atoms with Crippen molar-refractivity contribution in [1.82, 2.24) is 0 Å². The smallest absolute Gasteiger partial charge is 0.147 e. The molecule has 0 saturated carbocycles. The molecule has 16 heavy (non-hydrogen) atoms. The standard InChI is InChI=1S/C12H16O3S/c1-10-4-3-5-11(8-10)9-12(13)6-7-16(2,14)15/h3-5,8H,6-7,9H2,1-2H3. The van der Waals surface area contributed by atoms with Gasteiger partial charge in [0, 0.05) is 19.1 Å². The number of carbonyl (C=O) groups is 1. The minimum absolute atomic E-state index is 0.0315. The van der Waals surface area contributed by atoms with E-state index in [0.717, 1.165) is 17.4 Å². The highest BCUT2D eigenvalue weighted by Crippen LogP contribution is 2.06. The van der Waals surface area contributed by atoms with E-state index in [2.05, 4.69) is 0 Å². The fraction of sp³-hybridized carbons (Fsp3) is 0.417. The molecule has 0 unspecified atom stereocenters. The zero-order chi connectivity index (χ0) is 12.2. The predicted octanol–water partition coefficient (Wildman–Crippen LogP) is 1.54. The second kappa shape index (κ2) is 5.25. The van der Waals surface area contributed by atoms with Crippen LogP contribution < -0.4 is 0 Å². The molecule has 3 nitrogen and oxygen atoms in total. The Balaban J connectivity index is 2.52. The molecule has 0 fully saturated rings. The van der Waals surface area contributed by atoms with Crippen molar-refractivity contribution in [3.05, 3.63) is 35.4 Å². The van der Waals surface area contributed by atoms with E-state index < -0.39 is 9.84 Å². The lowest BCUT2D eigenvalue weighted by atomic mass is 10.1. The van der Waals surface area contributed by atoms with Gasteiger partial charge in [-0.2, -0.15) is 0 Å². The van der Waals surface area contributed by atoms with Gasteiger partial charge >= 0.3 is 0 Å². The van der Waals surface area contributed by atoms with Crippen LogP contribution in [0.25, 0.3) is 0 Å². The van der Waals surface area contributed by atoms with Crippen molar-refractivity contribution in [2.75, 3.05) is 12.0 Å². The van der Waals surface area contributed by atoms with E-state index in [1.165, 1.54) is 0 Å². The number of hydrogen-bond donors (Lipinski definition) is 0. The minimum Gasteiger partial charge on any atom is -0.299 e. The summed E-state index contributed by atoms with van der Waals surface area (Å²) in [4.78, 5) is 11.5. The van der Waals surface area contributed by atoms with Crippen LogP contribution in [-0.4, -0.2) is 26.2 Å². The molecule has 0 aliphatic carbocycles. The Kier molecular flexibility index (Phi) is 4.24. The second-order valence-electron chi connectivity index (χ2n) is 4.08. The first-order valence-corrected chi connectivity index (χ1v) is 7.18. The van der Waals surface area contributed by atoms with Gasteiger partial charge < -0.3 is 0 Å². The van der Waals surface area contributed by atoms with Crippen LogP contribution in [0.1, 0.15) is 17.5 Å². The molecule has 0 amide bonds. The van der Waals surface area contributed by atoms with Gasteiger partial charge in [0.1, 0.15) is 15.6 Å². The summed E-state index contributed by atoms with van der Waals surface area (Å²) in [5, 5.41) is 0. The third-order valence-electron chi connectivity index (χ3n) is 2.24. The summed E-state index contributed by atoms with van der Waals surface area (Å²) in [5.41, 5.74) is 2.05. The molecule has 0 aliphatic heterocycles. The Morgan fingerprint density at radius 3 is 2.56 bits per heavy atom. The minimum atomic E-state index is -3.04. The molecule has 0 N–H and O–H groups in total. The number of Topliss-reactive ketones (excluding diaryl/α,β-unsaturated/α-hetero) is 1. The van der Waals surface area contributed by atoms with Crippen molar-refractivity contribution in [2.24, 2.45) is 0 Å². The fourth-order valence-electron chi connectivity index (χ4n) is 1.44. The summed E-state index contributed by atoms with van der Waals surface area (Å²) in [6.07, 6.45) is 1.57. The van der Waals surface area contributed by atoms with Crippen LogP contribution in [0.5, 0.6) is 0 Å². The summed E-state index contributed by atoms with van der Waals surface area (Å²) in [6, 6.07) is 7.68. The average molecular weight is 240 g/mol. The van der Waals surface area contributed by atoms with Crippen molar-refractivity contribution < 1.29 is 13.2 Å². The number of sulfone groups is 1. The molecule has 0 heterocycles. The first-order chi connectivity index (χ1) is 7.37. The maximum Gasteiger partial charge on any atom is 0.147 e. The maximum absolute atomic E-state index is 11.5. The summed E-state index contributed by atoms with van der Waals surface area (Å²) in [7, 11) is -3.04. The van der Waals surface area contributed by atoms with Crippen LogP contribution in [0.3, 0.4) is 0 Å².